The molecule has 1 N–H and O–H groups in total. The van der Waals surface area contributed by atoms with E-state index in [2.05, 4.69) is 90.2 Å². The van der Waals surface area contributed by atoms with E-state index in [9.17, 15) is 4.79 Å². The average Bonchev–Trinajstić information content (AvgIpc) is 3.02. The van der Waals surface area contributed by atoms with Crippen molar-refractivity contribution in [3.63, 3.8) is 0 Å². The van der Waals surface area contributed by atoms with Crippen LogP contribution in [0.3, 0.4) is 0 Å². The first kappa shape index (κ1) is 43.2. The lowest BCUT2D eigenvalue weighted by Crippen LogP contribution is -2.15. The van der Waals surface area contributed by atoms with Crippen LogP contribution in [0.5, 0.6) is 17.2 Å². The molecule has 0 fully saturated rings. The van der Waals surface area contributed by atoms with Crippen LogP contribution < -0.4 is 19.5 Å². The molecule has 0 heterocycles. The molecule has 0 bridgehead atoms. The molecule has 0 radical (unpaired) electrons. The number of amides is 1. The normalized spacial score (nSPS) is 13.5. The molecule has 0 aliphatic carbocycles. The zero-order valence-electron chi connectivity index (χ0n) is 32.5. The lowest BCUT2D eigenvalue weighted by atomic mass is 9.97. The lowest BCUT2D eigenvalue weighted by molar-refractivity contribution is 0.102. The largest absolute Gasteiger partial charge is 0.490 e. The van der Waals surface area contributed by atoms with Gasteiger partial charge in [-0.1, -0.05) is 120 Å². The summed E-state index contributed by atoms with van der Waals surface area (Å²) in [5.74, 6) is 5.53. The molecular weight excluding hydrogens is 721 g/mol. The Morgan fingerprint density at radius 2 is 0.959 bits per heavy atom. The first-order chi connectivity index (χ1) is 23.3. The minimum absolute atomic E-state index is 0.190. The molecule has 49 heavy (non-hydrogen) atoms. The number of carbonyl (C=O) groups is 1. The number of anilines is 1. The van der Waals surface area contributed by atoms with E-state index in [1.54, 1.807) is 0 Å². The van der Waals surface area contributed by atoms with E-state index in [0.717, 1.165) is 46.3 Å². The summed E-state index contributed by atoms with van der Waals surface area (Å²) in [6, 6.07) is 11.5. The van der Waals surface area contributed by atoms with Crippen molar-refractivity contribution in [1.29, 1.82) is 0 Å². The number of carbonyl (C=O) groups excluding carboxylic acids is 1. The van der Waals surface area contributed by atoms with Crippen molar-refractivity contribution in [3.8, 4) is 17.2 Å². The van der Waals surface area contributed by atoms with E-state index in [0.29, 0.717) is 60.4 Å². The average molecular weight is 792 g/mol. The Labute approximate surface area is 314 Å². The maximum atomic E-state index is 13.6. The predicted octanol–water partition coefficient (Wildman–Crippen LogP) is 13.2. The van der Waals surface area contributed by atoms with Gasteiger partial charge in [0, 0.05) is 14.8 Å². The van der Waals surface area contributed by atoms with Gasteiger partial charge in [-0.25, -0.2) is 0 Å². The van der Waals surface area contributed by atoms with Crippen LogP contribution in [0.1, 0.15) is 150 Å². The third kappa shape index (κ3) is 19.3. The van der Waals surface area contributed by atoms with Gasteiger partial charge in [0.15, 0.2) is 11.5 Å². The number of hydrogen-bond donors (Lipinski definition) is 1. The molecule has 0 aliphatic heterocycles. The van der Waals surface area contributed by atoms with Crippen molar-refractivity contribution in [1.82, 2.24) is 0 Å². The summed E-state index contributed by atoms with van der Waals surface area (Å²) >= 11 is 2.27. The van der Waals surface area contributed by atoms with Crippen molar-refractivity contribution in [2.24, 2.45) is 35.5 Å². The highest BCUT2D eigenvalue weighted by Crippen LogP contribution is 2.40. The molecule has 0 saturated heterocycles. The van der Waals surface area contributed by atoms with Gasteiger partial charge in [-0.2, -0.15) is 0 Å². The van der Waals surface area contributed by atoms with Gasteiger partial charge < -0.3 is 19.5 Å². The van der Waals surface area contributed by atoms with Gasteiger partial charge in [-0.3, -0.25) is 4.79 Å². The molecule has 3 atom stereocenters. The third-order valence-electron chi connectivity index (χ3n) is 9.41. The highest BCUT2D eigenvalue weighted by atomic mass is 127. The van der Waals surface area contributed by atoms with Crippen molar-refractivity contribution in [3.05, 3.63) is 45.5 Å². The van der Waals surface area contributed by atoms with Gasteiger partial charge in [0.1, 0.15) is 0 Å². The Hall–Kier alpha value is -1.96. The lowest BCUT2D eigenvalue weighted by Gasteiger charge is -2.21. The van der Waals surface area contributed by atoms with E-state index in [1.165, 1.54) is 57.8 Å². The van der Waals surface area contributed by atoms with Crippen LogP contribution in [0, 0.1) is 39.1 Å². The van der Waals surface area contributed by atoms with Crippen LogP contribution in [0.25, 0.3) is 0 Å². The van der Waals surface area contributed by atoms with Crippen molar-refractivity contribution >= 4 is 34.2 Å². The summed E-state index contributed by atoms with van der Waals surface area (Å²) in [5, 5.41) is 3.06. The van der Waals surface area contributed by atoms with E-state index < -0.39 is 0 Å². The molecule has 1 amide bonds. The van der Waals surface area contributed by atoms with E-state index >= 15 is 0 Å². The fourth-order valence-corrected chi connectivity index (χ4v) is 6.32. The zero-order chi connectivity index (χ0) is 36.2. The maximum absolute atomic E-state index is 13.6. The number of benzene rings is 2. The topological polar surface area (TPSA) is 56.8 Å². The van der Waals surface area contributed by atoms with Crippen molar-refractivity contribution in [2.45, 2.75) is 139 Å². The molecule has 2 rings (SSSR count). The molecule has 5 nitrogen and oxygen atoms in total. The molecule has 0 aromatic heterocycles. The molecular formula is C43H70INO4. The molecule has 2 aromatic carbocycles. The van der Waals surface area contributed by atoms with E-state index in [-0.39, 0.29) is 5.91 Å². The SMILES string of the molecule is CC(C)CCC[C@@H](C)CCOc1cc(C(=O)Nc2ccc(I)cc2)cc(OCC[C@H](C)CCCC(C)C)c1OCC[C@H](C)CCCC(C)C. The first-order valence-corrected chi connectivity index (χ1v) is 20.5. The quantitative estimate of drug-likeness (QED) is 0.0964. The van der Waals surface area contributed by atoms with E-state index in [4.69, 9.17) is 14.2 Å². The summed E-state index contributed by atoms with van der Waals surface area (Å²) in [7, 11) is 0. The van der Waals surface area contributed by atoms with Crippen LogP contribution in [0.15, 0.2) is 36.4 Å². The maximum Gasteiger partial charge on any atom is 0.255 e. The summed E-state index contributed by atoms with van der Waals surface area (Å²) < 4.78 is 20.7. The monoisotopic (exact) mass is 791 g/mol. The first-order valence-electron chi connectivity index (χ1n) is 19.5. The van der Waals surface area contributed by atoms with E-state index in [1.807, 2.05) is 36.4 Å². The third-order valence-corrected chi connectivity index (χ3v) is 10.1. The second-order valence-electron chi connectivity index (χ2n) is 16.0. The number of nitrogens with one attached hydrogen (secondary N) is 1. The number of rotatable bonds is 26. The molecule has 0 spiro atoms. The number of halogens is 1. The van der Waals surface area contributed by atoms with Crippen molar-refractivity contribution in [2.75, 3.05) is 25.1 Å². The standard InChI is InChI=1S/C43H70INO4/c1-31(2)13-10-16-34(7)23-26-47-40-29-37(43(46)45-39-21-19-38(44)20-22-39)30-41(48-27-24-35(8)17-11-14-32(3)4)42(40)49-28-25-36(9)18-12-15-33(5)6/h19-22,29-36H,10-18,23-28H2,1-9H3,(H,45,46)/t34-,35-,36-/m1/s1. The molecule has 2 aromatic rings. The van der Waals surface area contributed by atoms with Gasteiger partial charge >= 0.3 is 0 Å². The number of ether oxygens (including phenoxy) is 3. The van der Waals surface area contributed by atoms with Gasteiger partial charge in [0.25, 0.3) is 5.91 Å². The molecule has 278 valence electrons. The summed E-state index contributed by atoms with van der Waals surface area (Å²) in [6.45, 7) is 22.4. The minimum atomic E-state index is -0.190. The number of hydrogen-bond acceptors (Lipinski definition) is 4. The molecule has 0 saturated carbocycles. The van der Waals surface area contributed by atoms with Crippen LogP contribution >= 0.6 is 22.6 Å². The van der Waals surface area contributed by atoms with Gasteiger partial charge in [-0.05, 0) is 114 Å². The second kappa shape index (κ2) is 24.3. The Bertz CT molecular complexity index is 1130. The molecule has 0 aliphatic rings. The Morgan fingerprint density at radius 3 is 1.35 bits per heavy atom. The van der Waals surface area contributed by atoms with Crippen LogP contribution in [0.2, 0.25) is 0 Å². The smallest absolute Gasteiger partial charge is 0.255 e. The molecule has 6 heteroatoms. The van der Waals surface area contributed by atoms with Crippen molar-refractivity contribution < 1.29 is 19.0 Å². The van der Waals surface area contributed by atoms with Gasteiger partial charge in [0.05, 0.1) is 19.8 Å². The predicted molar refractivity (Wildman–Crippen MR) is 217 cm³/mol. The molecule has 0 unspecified atom stereocenters. The summed E-state index contributed by atoms with van der Waals surface area (Å²) in [6.07, 6.45) is 14.0. The zero-order valence-corrected chi connectivity index (χ0v) is 34.7. The minimum Gasteiger partial charge on any atom is -0.490 e. The highest BCUT2D eigenvalue weighted by molar-refractivity contribution is 14.1. The summed E-state index contributed by atoms with van der Waals surface area (Å²) in [5.41, 5.74) is 1.26. The fourth-order valence-electron chi connectivity index (χ4n) is 5.96. The fraction of sp³-hybridized carbons (Fsp3) is 0.698. The second-order valence-corrected chi connectivity index (χ2v) is 17.2. The van der Waals surface area contributed by atoms with Crippen LogP contribution in [0.4, 0.5) is 5.69 Å². The van der Waals surface area contributed by atoms with Crippen LogP contribution in [-0.2, 0) is 0 Å². The Kier molecular flexibility index (Phi) is 21.4. The Morgan fingerprint density at radius 1 is 0.571 bits per heavy atom. The van der Waals surface area contributed by atoms with Gasteiger partial charge in [0.2, 0.25) is 5.75 Å². The van der Waals surface area contributed by atoms with Gasteiger partial charge in [-0.15, -0.1) is 0 Å². The highest BCUT2D eigenvalue weighted by Gasteiger charge is 2.21. The summed E-state index contributed by atoms with van der Waals surface area (Å²) in [4.78, 5) is 13.6. The Balaban J connectivity index is 2.29. The van der Waals surface area contributed by atoms with Crippen LogP contribution in [-0.4, -0.2) is 25.7 Å².